The van der Waals surface area contributed by atoms with Crippen molar-refractivity contribution in [3.05, 3.63) is 30.1 Å². The molecule has 2 aromatic rings. The van der Waals surface area contributed by atoms with Crippen LogP contribution < -0.4 is 0 Å². The van der Waals surface area contributed by atoms with Crippen LogP contribution in [0.5, 0.6) is 0 Å². The van der Waals surface area contributed by atoms with E-state index in [0.29, 0.717) is 5.69 Å². The van der Waals surface area contributed by atoms with Gasteiger partial charge in [-0.05, 0) is 18.2 Å². The summed E-state index contributed by atoms with van der Waals surface area (Å²) in [5.41, 5.74) is 2.57. The van der Waals surface area contributed by atoms with Crippen molar-refractivity contribution in [1.82, 2.24) is 9.55 Å². The number of nitrogens with zero attached hydrogens (tertiary/aromatic N) is 2. The van der Waals surface area contributed by atoms with Gasteiger partial charge in [-0.3, -0.25) is 9.78 Å². The van der Waals surface area contributed by atoms with Gasteiger partial charge in [0.05, 0.1) is 16.7 Å². The number of Topliss-reactive ketones (excluding diaryl/α,β-unsaturated/α-hetero) is 1. The predicted molar refractivity (Wildman–Crippen MR) is 50.7 cm³/mol. The summed E-state index contributed by atoms with van der Waals surface area (Å²) in [4.78, 5) is 15.4. The van der Waals surface area contributed by atoms with E-state index in [2.05, 4.69) is 4.98 Å². The van der Waals surface area contributed by atoms with Gasteiger partial charge >= 0.3 is 0 Å². The maximum absolute atomic E-state index is 11.2. The lowest BCUT2D eigenvalue weighted by Gasteiger charge is -1.98. The van der Waals surface area contributed by atoms with Crippen molar-refractivity contribution in [2.45, 2.75) is 6.92 Å². The Labute approximate surface area is 76.0 Å². The summed E-state index contributed by atoms with van der Waals surface area (Å²) in [6, 6.07) is 5.64. The highest BCUT2D eigenvalue weighted by molar-refractivity contribution is 5.97. The molecule has 66 valence electrons. The lowest BCUT2D eigenvalue weighted by molar-refractivity contribution is 0.101. The molecule has 13 heavy (non-hydrogen) atoms. The first-order valence-corrected chi connectivity index (χ1v) is 4.11. The van der Waals surface area contributed by atoms with Crippen molar-refractivity contribution in [3.8, 4) is 0 Å². The van der Waals surface area contributed by atoms with Crippen LogP contribution in [0.2, 0.25) is 0 Å². The van der Waals surface area contributed by atoms with Crippen molar-refractivity contribution in [3.63, 3.8) is 0 Å². The molecule has 0 bridgehead atoms. The smallest absolute Gasteiger partial charge is 0.176 e. The number of carbonyl (C=O) groups excluding carboxylic acids is 1. The van der Waals surface area contributed by atoms with Crippen molar-refractivity contribution in [2.75, 3.05) is 0 Å². The minimum atomic E-state index is 0.0699. The van der Waals surface area contributed by atoms with Crippen LogP contribution in [0.1, 0.15) is 17.4 Å². The first-order valence-electron chi connectivity index (χ1n) is 4.11. The number of pyridine rings is 1. The van der Waals surface area contributed by atoms with E-state index >= 15 is 0 Å². The average molecular weight is 174 g/mol. The van der Waals surface area contributed by atoms with Gasteiger partial charge in [0.2, 0.25) is 0 Å². The highest BCUT2D eigenvalue weighted by Crippen LogP contribution is 2.15. The van der Waals surface area contributed by atoms with Crippen LogP contribution in [0.4, 0.5) is 0 Å². The third kappa shape index (κ3) is 1.13. The normalized spacial score (nSPS) is 10.6. The van der Waals surface area contributed by atoms with Crippen LogP contribution in [0.25, 0.3) is 11.0 Å². The summed E-state index contributed by atoms with van der Waals surface area (Å²) < 4.78 is 1.87. The van der Waals surface area contributed by atoms with Gasteiger partial charge in [-0.25, -0.2) is 0 Å². The molecule has 0 aromatic carbocycles. The first kappa shape index (κ1) is 7.98. The van der Waals surface area contributed by atoms with E-state index in [4.69, 9.17) is 0 Å². The molecule has 0 unspecified atom stereocenters. The van der Waals surface area contributed by atoms with E-state index in [1.807, 2.05) is 29.8 Å². The summed E-state index contributed by atoms with van der Waals surface area (Å²) in [6.45, 7) is 1.56. The molecule has 2 aromatic heterocycles. The molecule has 0 aliphatic rings. The molecular weight excluding hydrogens is 164 g/mol. The highest BCUT2D eigenvalue weighted by atomic mass is 16.1. The maximum Gasteiger partial charge on any atom is 0.176 e. The van der Waals surface area contributed by atoms with Gasteiger partial charge in [0.1, 0.15) is 0 Å². The Morgan fingerprint density at radius 2 is 2.31 bits per heavy atom. The van der Waals surface area contributed by atoms with Crippen LogP contribution in [0.3, 0.4) is 0 Å². The Kier molecular flexibility index (Phi) is 1.65. The zero-order valence-electron chi connectivity index (χ0n) is 7.61. The Morgan fingerprint density at radius 3 is 2.92 bits per heavy atom. The van der Waals surface area contributed by atoms with E-state index in [1.54, 1.807) is 13.1 Å². The Balaban J connectivity index is 2.81. The van der Waals surface area contributed by atoms with Crippen LogP contribution in [0, 0.1) is 0 Å². The SMILES string of the molecule is CC(=O)c1cc2ncccc2n1C. The predicted octanol–water partition coefficient (Wildman–Crippen LogP) is 1.78. The molecule has 2 rings (SSSR count). The molecule has 0 spiro atoms. The third-order valence-electron chi connectivity index (χ3n) is 2.17. The van der Waals surface area contributed by atoms with E-state index in [1.165, 1.54) is 0 Å². The summed E-state index contributed by atoms with van der Waals surface area (Å²) >= 11 is 0. The van der Waals surface area contributed by atoms with Crippen LogP contribution in [-0.4, -0.2) is 15.3 Å². The number of hydrogen-bond acceptors (Lipinski definition) is 2. The Bertz CT molecular complexity index is 471. The van der Waals surface area contributed by atoms with Gasteiger partial charge in [0.25, 0.3) is 0 Å². The summed E-state index contributed by atoms with van der Waals surface area (Å²) in [5, 5.41) is 0. The molecule has 0 fully saturated rings. The zero-order valence-corrected chi connectivity index (χ0v) is 7.61. The molecule has 0 radical (unpaired) electrons. The van der Waals surface area contributed by atoms with Gasteiger partial charge in [-0.15, -0.1) is 0 Å². The lowest BCUT2D eigenvalue weighted by Crippen LogP contribution is -2.00. The molecule has 0 aliphatic heterocycles. The van der Waals surface area contributed by atoms with Crippen molar-refractivity contribution in [2.24, 2.45) is 7.05 Å². The topological polar surface area (TPSA) is 34.9 Å². The van der Waals surface area contributed by atoms with Crippen LogP contribution in [0.15, 0.2) is 24.4 Å². The summed E-state index contributed by atoms with van der Waals surface area (Å²) in [5.74, 6) is 0.0699. The number of ketones is 1. The standard InChI is InChI=1S/C10H10N2O/c1-7(13)10-6-8-9(12(10)2)4-3-5-11-8/h3-6H,1-2H3. The molecule has 0 atom stereocenters. The van der Waals surface area contributed by atoms with Crippen LogP contribution in [-0.2, 0) is 7.05 Å². The second-order valence-corrected chi connectivity index (χ2v) is 3.05. The van der Waals surface area contributed by atoms with E-state index in [0.717, 1.165) is 11.0 Å². The Morgan fingerprint density at radius 1 is 1.54 bits per heavy atom. The van der Waals surface area contributed by atoms with E-state index in [-0.39, 0.29) is 5.78 Å². The van der Waals surface area contributed by atoms with Crippen molar-refractivity contribution >= 4 is 16.8 Å². The maximum atomic E-state index is 11.2. The molecule has 0 amide bonds. The van der Waals surface area contributed by atoms with Gasteiger partial charge in [0, 0.05) is 20.2 Å². The van der Waals surface area contributed by atoms with E-state index < -0.39 is 0 Å². The molecule has 2 heterocycles. The highest BCUT2D eigenvalue weighted by Gasteiger charge is 2.08. The average Bonchev–Trinajstić information content (AvgIpc) is 2.45. The molecule has 0 saturated heterocycles. The number of aryl methyl sites for hydroxylation is 1. The fourth-order valence-corrected chi connectivity index (χ4v) is 1.50. The van der Waals surface area contributed by atoms with Crippen molar-refractivity contribution < 1.29 is 4.79 Å². The summed E-state index contributed by atoms with van der Waals surface area (Å²) in [7, 11) is 1.88. The number of rotatable bonds is 1. The van der Waals surface area contributed by atoms with E-state index in [9.17, 15) is 4.79 Å². The van der Waals surface area contributed by atoms with Crippen molar-refractivity contribution in [1.29, 1.82) is 0 Å². The second-order valence-electron chi connectivity index (χ2n) is 3.05. The van der Waals surface area contributed by atoms with Gasteiger partial charge < -0.3 is 4.57 Å². The van der Waals surface area contributed by atoms with Gasteiger partial charge in [-0.1, -0.05) is 0 Å². The molecule has 0 aliphatic carbocycles. The van der Waals surface area contributed by atoms with Crippen LogP contribution >= 0.6 is 0 Å². The molecule has 0 N–H and O–H groups in total. The number of aromatic nitrogens is 2. The van der Waals surface area contributed by atoms with Gasteiger partial charge in [-0.2, -0.15) is 0 Å². The Hall–Kier alpha value is -1.64. The minimum Gasteiger partial charge on any atom is -0.340 e. The molecular formula is C10H10N2O. The first-order chi connectivity index (χ1) is 6.20. The number of hydrogen-bond donors (Lipinski definition) is 0. The third-order valence-corrected chi connectivity index (χ3v) is 2.17. The molecule has 0 saturated carbocycles. The largest absolute Gasteiger partial charge is 0.340 e. The fraction of sp³-hybridized carbons (Fsp3) is 0.200. The minimum absolute atomic E-state index is 0.0699. The fourth-order valence-electron chi connectivity index (χ4n) is 1.50. The zero-order chi connectivity index (χ0) is 9.42. The summed E-state index contributed by atoms with van der Waals surface area (Å²) in [6.07, 6.45) is 1.73. The lowest BCUT2D eigenvalue weighted by atomic mass is 10.3. The number of fused-ring (bicyclic) bond motifs is 1. The second kappa shape index (κ2) is 2.69. The number of carbonyl (C=O) groups is 1. The molecule has 3 nitrogen and oxygen atoms in total. The quantitative estimate of drug-likeness (QED) is 0.617. The molecule has 3 heteroatoms. The monoisotopic (exact) mass is 174 g/mol. The van der Waals surface area contributed by atoms with Gasteiger partial charge in [0.15, 0.2) is 5.78 Å².